The van der Waals surface area contributed by atoms with E-state index in [0.29, 0.717) is 11.6 Å². The van der Waals surface area contributed by atoms with E-state index in [1.54, 1.807) is 0 Å². The van der Waals surface area contributed by atoms with Crippen LogP contribution in [0.4, 0.5) is 0 Å². The van der Waals surface area contributed by atoms with Gasteiger partial charge in [0, 0.05) is 18.0 Å². The van der Waals surface area contributed by atoms with Crippen molar-refractivity contribution < 1.29 is 9.69 Å². The summed E-state index contributed by atoms with van der Waals surface area (Å²) in [5, 5.41) is 3.71. The molecule has 0 saturated heterocycles. The maximum absolute atomic E-state index is 12.5. The van der Waals surface area contributed by atoms with Crippen molar-refractivity contribution in [2.45, 2.75) is 25.9 Å². The minimum atomic E-state index is -0.0731. The Bertz CT molecular complexity index is 758. The van der Waals surface area contributed by atoms with Gasteiger partial charge in [-0.25, -0.2) is 0 Å². The van der Waals surface area contributed by atoms with Crippen LogP contribution in [0.25, 0.3) is 5.57 Å². The van der Waals surface area contributed by atoms with Gasteiger partial charge in [-0.3, -0.25) is 4.79 Å². The summed E-state index contributed by atoms with van der Waals surface area (Å²) >= 11 is 6.15. The van der Waals surface area contributed by atoms with Gasteiger partial charge in [-0.2, -0.15) is 0 Å². The Morgan fingerprint density at radius 3 is 2.56 bits per heavy atom. The molecule has 0 aromatic heterocycles. The Morgan fingerprint density at radius 1 is 1.16 bits per heavy atom. The molecule has 0 fully saturated rings. The highest BCUT2D eigenvalue weighted by Crippen LogP contribution is 2.18. The van der Waals surface area contributed by atoms with Crippen LogP contribution in [0, 0.1) is 0 Å². The molecule has 3 nitrogen and oxygen atoms in total. The number of amides is 1. The van der Waals surface area contributed by atoms with Gasteiger partial charge in [0.15, 0.2) is 6.04 Å². The Labute approximate surface area is 154 Å². The molecule has 1 aliphatic rings. The third kappa shape index (κ3) is 4.50. The number of carbonyl (C=O) groups is 1. The van der Waals surface area contributed by atoms with Crippen molar-refractivity contribution in [2.75, 3.05) is 13.1 Å². The van der Waals surface area contributed by atoms with E-state index in [9.17, 15) is 4.79 Å². The summed E-state index contributed by atoms with van der Waals surface area (Å²) < 4.78 is 0. The lowest BCUT2D eigenvalue weighted by Crippen LogP contribution is -3.17. The van der Waals surface area contributed by atoms with Crippen LogP contribution in [-0.2, 0) is 11.3 Å². The van der Waals surface area contributed by atoms with Gasteiger partial charge in [-0.1, -0.05) is 60.1 Å². The lowest BCUT2D eigenvalue weighted by molar-refractivity contribution is -0.909. The molecule has 0 radical (unpaired) electrons. The van der Waals surface area contributed by atoms with Crippen molar-refractivity contribution in [1.82, 2.24) is 5.32 Å². The smallest absolute Gasteiger partial charge is 0.278 e. The third-order valence-corrected chi connectivity index (χ3v) is 5.26. The fourth-order valence-electron chi connectivity index (χ4n) is 3.22. The highest BCUT2D eigenvalue weighted by molar-refractivity contribution is 6.31. The molecule has 2 aromatic carbocycles. The number of hydrogen-bond donors (Lipinski definition) is 2. The highest BCUT2D eigenvalue weighted by Gasteiger charge is 2.26. The van der Waals surface area contributed by atoms with Crippen LogP contribution >= 0.6 is 11.6 Å². The fourth-order valence-corrected chi connectivity index (χ4v) is 3.43. The van der Waals surface area contributed by atoms with Crippen molar-refractivity contribution >= 4 is 23.1 Å². The molecular formula is C21H24ClN2O+. The molecule has 3 rings (SSSR count). The third-order valence-electron chi connectivity index (χ3n) is 4.89. The van der Waals surface area contributed by atoms with E-state index in [-0.39, 0.29) is 11.9 Å². The van der Waals surface area contributed by atoms with Crippen LogP contribution in [0.2, 0.25) is 5.02 Å². The largest absolute Gasteiger partial charge is 0.347 e. The number of nitrogens with one attached hydrogen (secondary N) is 2. The number of quaternary nitrogens is 1. The zero-order valence-corrected chi connectivity index (χ0v) is 15.2. The first kappa shape index (κ1) is 17.7. The van der Waals surface area contributed by atoms with E-state index in [1.165, 1.54) is 16.0 Å². The number of carbonyl (C=O) groups excluding carboxylic acids is 1. The summed E-state index contributed by atoms with van der Waals surface area (Å²) in [4.78, 5) is 13.8. The summed E-state index contributed by atoms with van der Waals surface area (Å²) in [6, 6.07) is 18.0. The second-order valence-electron chi connectivity index (χ2n) is 6.49. The molecule has 2 aromatic rings. The maximum Gasteiger partial charge on any atom is 0.278 e. The van der Waals surface area contributed by atoms with Crippen molar-refractivity contribution in [1.29, 1.82) is 0 Å². The van der Waals surface area contributed by atoms with Gasteiger partial charge in [-0.15, -0.1) is 0 Å². The lowest BCUT2D eigenvalue weighted by atomic mass is 9.99. The van der Waals surface area contributed by atoms with Gasteiger partial charge in [0.1, 0.15) is 0 Å². The van der Waals surface area contributed by atoms with Gasteiger partial charge in [0.2, 0.25) is 0 Å². The molecule has 2 N–H and O–H groups in total. The molecule has 0 spiro atoms. The van der Waals surface area contributed by atoms with Crippen LogP contribution < -0.4 is 10.2 Å². The van der Waals surface area contributed by atoms with E-state index in [1.807, 2.05) is 37.3 Å². The molecule has 1 amide bonds. The van der Waals surface area contributed by atoms with Gasteiger partial charge in [0.05, 0.1) is 13.1 Å². The molecule has 4 heteroatoms. The van der Waals surface area contributed by atoms with Gasteiger partial charge in [-0.05, 0) is 35.8 Å². The van der Waals surface area contributed by atoms with Gasteiger partial charge in [0.25, 0.3) is 5.91 Å². The highest BCUT2D eigenvalue weighted by atomic mass is 35.5. The molecule has 0 bridgehead atoms. The van der Waals surface area contributed by atoms with Crippen molar-refractivity contribution in [3.8, 4) is 0 Å². The van der Waals surface area contributed by atoms with E-state index in [2.05, 4.69) is 35.7 Å². The fraction of sp³-hybridized carbons (Fsp3) is 0.286. The Hall–Kier alpha value is -2.10. The molecule has 0 saturated carbocycles. The predicted octanol–water partition coefficient (Wildman–Crippen LogP) is 2.72. The molecule has 130 valence electrons. The average Bonchev–Trinajstić information content (AvgIpc) is 2.67. The molecule has 2 atom stereocenters. The SMILES string of the molecule is C[C@H](C(=O)NCc1ccccc1Cl)[NH+]1CC=C(c2ccccc2)CC1. The van der Waals surface area contributed by atoms with E-state index >= 15 is 0 Å². The first-order valence-corrected chi connectivity index (χ1v) is 9.13. The van der Waals surface area contributed by atoms with Gasteiger partial charge < -0.3 is 10.2 Å². The quantitative estimate of drug-likeness (QED) is 0.849. The lowest BCUT2D eigenvalue weighted by Gasteiger charge is -2.28. The first-order valence-electron chi connectivity index (χ1n) is 8.75. The molecule has 1 unspecified atom stereocenters. The standard InChI is InChI=1S/C21H23ClN2O/c1-16(21(25)23-15-19-9-5-6-10-20(19)22)24-13-11-18(12-14-24)17-7-3-2-4-8-17/h2-11,16H,12-15H2,1H3,(H,23,25)/p+1/t16-/m1/s1. The summed E-state index contributed by atoms with van der Waals surface area (Å²) in [6.45, 7) is 4.33. The predicted molar refractivity (Wildman–Crippen MR) is 102 cm³/mol. The number of benzene rings is 2. The molecule has 0 aliphatic carbocycles. The molecule has 1 heterocycles. The van der Waals surface area contributed by atoms with Crippen LogP contribution in [0.5, 0.6) is 0 Å². The first-order chi connectivity index (χ1) is 12.1. The van der Waals surface area contributed by atoms with E-state index in [4.69, 9.17) is 11.6 Å². The van der Waals surface area contributed by atoms with Crippen molar-refractivity contribution in [2.24, 2.45) is 0 Å². The van der Waals surface area contributed by atoms with Crippen LogP contribution in [0.1, 0.15) is 24.5 Å². The van der Waals surface area contributed by atoms with Crippen LogP contribution in [-0.4, -0.2) is 25.0 Å². The van der Waals surface area contributed by atoms with Crippen LogP contribution in [0.3, 0.4) is 0 Å². The number of rotatable bonds is 5. The average molecular weight is 356 g/mol. The minimum Gasteiger partial charge on any atom is -0.347 e. The number of halogens is 1. The Morgan fingerprint density at radius 2 is 1.88 bits per heavy atom. The summed E-state index contributed by atoms with van der Waals surface area (Å²) in [5.41, 5.74) is 3.62. The molecule has 25 heavy (non-hydrogen) atoms. The minimum absolute atomic E-state index is 0.0731. The second-order valence-corrected chi connectivity index (χ2v) is 6.90. The van der Waals surface area contributed by atoms with E-state index in [0.717, 1.165) is 25.1 Å². The maximum atomic E-state index is 12.5. The Kier molecular flexibility index (Phi) is 5.90. The molecule has 1 aliphatic heterocycles. The zero-order chi connectivity index (χ0) is 17.6. The number of hydrogen-bond acceptors (Lipinski definition) is 1. The second kappa shape index (κ2) is 8.32. The van der Waals surface area contributed by atoms with Gasteiger partial charge >= 0.3 is 0 Å². The normalized spacial score (nSPS) is 18.3. The van der Waals surface area contributed by atoms with Crippen molar-refractivity contribution in [3.05, 3.63) is 76.8 Å². The van der Waals surface area contributed by atoms with E-state index < -0.39 is 0 Å². The van der Waals surface area contributed by atoms with Crippen molar-refractivity contribution in [3.63, 3.8) is 0 Å². The zero-order valence-electron chi connectivity index (χ0n) is 14.5. The summed E-state index contributed by atoms with van der Waals surface area (Å²) in [6.07, 6.45) is 3.27. The summed E-state index contributed by atoms with van der Waals surface area (Å²) in [5.74, 6) is 0.0754. The monoisotopic (exact) mass is 355 g/mol. The van der Waals surface area contributed by atoms with Crippen LogP contribution in [0.15, 0.2) is 60.7 Å². The Balaban J connectivity index is 1.55. The summed E-state index contributed by atoms with van der Waals surface area (Å²) in [7, 11) is 0. The molecular weight excluding hydrogens is 332 g/mol. The topological polar surface area (TPSA) is 33.5 Å².